The average molecular weight is 229 g/mol. The van der Waals surface area contributed by atoms with E-state index in [-0.39, 0.29) is 5.97 Å². The summed E-state index contributed by atoms with van der Waals surface area (Å²) in [7, 11) is 0. The molecule has 1 unspecified atom stereocenters. The van der Waals surface area contributed by atoms with Crippen molar-refractivity contribution in [3.63, 3.8) is 0 Å². The van der Waals surface area contributed by atoms with Crippen molar-refractivity contribution in [2.45, 2.75) is 26.7 Å². The molecule has 0 bridgehead atoms. The normalized spacial score (nSPS) is 20.3. The Morgan fingerprint density at radius 2 is 2.31 bits per heavy atom. The van der Waals surface area contributed by atoms with Crippen LogP contribution in [0, 0.1) is 5.92 Å². The fourth-order valence-electron chi connectivity index (χ4n) is 2.03. The molecule has 1 atom stereocenters. The predicted molar refractivity (Wildman–Crippen MR) is 62.3 cm³/mol. The van der Waals surface area contributed by atoms with Crippen molar-refractivity contribution < 1.29 is 14.3 Å². The van der Waals surface area contributed by atoms with E-state index in [1.165, 1.54) is 0 Å². The van der Waals surface area contributed by atoms with Crippen LogP contribution in [0.15, 0.2) is 0 Å². The standard InChI is InChI=1S/C12H23NO3/c1-3-6-13(9-12(14)16-4-2)8-11-5-7-15-10-11/h11H,3-10H2,1-2H3. The van der Waals surface area contributed by atoms with E-state index in [2.05, 4.69) is 11.8 Å². The molecule has 0 radical (unpaired) electrons. The molecule has 0 aromatic heterocycles. The van der Waals surface area contributed by atoms with E-state index in [0.717, 1.165) is 39.1 Å². The zero-order valence-electron chi connectivity index (χ0n) is 10.4. The van der Waals surface area contributed by atoms with Crippen molar-refractivity contribution in [2.24, 2.45) is 5.92 Å². The molecule has 0 aromatic rings. The third-order valence-corrected chi connectivity index (χ3v) is 2.74. The second-order valence-electron chi connectivity index (χ2n) is 4.27. The van der Waals surface area contributed by atoms with Crippen LogP contribution in [0.25, 0.3) is 0 Å². The molecule has 0 aliphatic carbocycles. The van der Waals surface area contributed by atoms with Gasteiger partial charge in [-0.3, -0.25) is 9.69 Å². The Hall–Kier alpha value is -0.610. The van der Waals surface area contributed by atoms with E-state index >= 15 is 0 Å². The summed E-state index contributed by atoms with van der Waals surface area (Å²) in [6.07, 6.45) is 2.18. The summed E-state index contributed by atoms with van der Waals surface area (Å²) in [6, 6.07) is 0. The van der Waals surface area contributed by atoms with Gasteiger partial charge in [-0.05, 0) is 32.2 Å². The molecule has 16 heavy (non-hydrogen) atoms. The van der Waals surface area contributed by atoms with Crippen molar-refractivity contribution in [3.05, 3.63) is 0 Å². The van der Waals surface area contributed by atoms with Gasteiger partial charge in [-0.2, -0.15) is 0 Å². The number of hydrogen-bond donors (Lipinski definition) is 0. The maximum atomic E-state index is 11.4. The van der Waals surface area contributed by atoms with Gasteiger partial charge in [-0.15, -0.1) is 0 Å². The van der Waals surface area contributed by atoms with Gasteiger partial charge in [0.2, 0.25) is 0 Å². The van der Waals surface area contributed by atoms with E-state index in [1.807, 2.05) is 6.92 Å². The van der Waals surface area contributed by atoms with E-state index in [1.54, 1.807) is 0 Å². The Morgan fingerprint density at radius 1 is 1.50 bits per heavy atom. The number of hydrogen-bond acceptors (Lipinski definition) is 4. The molecule has 4 nitrogen and oxygen atoms in total. The minimum Gasteiger partial charge on any atom is -0.465 e. The smallest absolute Gasteiger partial charge is 0.320 e. The van der Waals surface area contributed by atoms with Gasteiger partial charge in [0.25, 0.3) is 0 Å². The lowest BCUT2D eigenvalue weighted by molar-refractivity contribution is -0.144. The Bertz CT molecular complexity index is 202. The lowest BCUT2D eigenvalue weighted by Crippen LogP contribution is -2.35. The molecule has 1 aliphatic rings. The maximum Gasteiger partial charge on any atom is 0.320 e. The molecular formula is C12H23NO3. The highest BCUT2D eigenvalue weighted by Crippen LogP contribution is 2.14. The van der Waals surface area contributed by atoms with Crippen LogP contribution in [0.1, 0.15) is 26.7 Å². The average Bonchev–Trinajstić information content (AvgIpc) is 2.71. The van der Waals surface area contributed by atoms with Gasteiger partial charge < -0.3 is 9.47 Å². The van der Waals surface area contributed by atoms with Crippen molar-refractivity contribution in [1.82, 2.24) is 4.90 Å². The minimum atomic E-state index is -0.116. The number of nitrogens with zero attached hydrogens (tertiary/aromatic N) is 1. The predicted octanol–water partition coefficient (Wildman–Crippen LogP) is 1.30. The molecule has 1 heterocycles. The first-order valence-electron chi connectivity index (χ1n) is 6.22. The van der Waals surface area contributed by atoms with Gasteiger partial charge >= 0.3 is 5.97 Å². The van der Waals surface area contributed by atoms with Crippen molar-refractivity contribution in [3.8, 4) is 0 Å². The quantitative estimate of drug-likeness (QED) is 0.617. The lowest BCUT2D eigenvalue weighted by atomic mass is 10.1. The van der Waals surface area contributed by atoms with Gasteiger partial charge in [-0.25, -0.2) is 0 Å². The topological polar surface area (TPSA) is 38.8 Å². The van der Waals surface area contributed by atoms with Crippen molar-refractivity contribution >= 4 is 5.97 Å². The van der Waals surface area contributed by atoms with Crippen LogP contribution in [-0.4, -0.2) is 50.3 Å². The maximum absolute atomic E-state index is 11.4. The van der Waals surface area contributed by atoms with E-state index in [0.29, 0.717) is 19.1 Å². The fourth-order valence-corrected chi connectivity index (χ4v) is 2.03. The molecule has 0 saturated carbocycles. The molecule has 4 heteroatoms. The molecule has 1 aliphatic heterocycles. The number of carbonyl (C=O) groups excluding carboxylic acids is 1. The van der Waals surface area contributed by atoms with Crippen LogP contribution < -0.4 is 0 Å². The largest absolute Gasteiger partial charge is 0.465 e. The summed E-state index contributed by atoms with van der Waals surface area (Å²) < 4.78 is 10.3. The second kappa shape index (κ2) is 7.63. The molecule has 1 saturated heterocycles. The van der Waals surface area contributed by atoms with Crippen LogP contribution in [0.3, 0.4) is 0 Å². The number of carbonyl (C=O) groups is 1. The molecule has 1 fully saturated rings. The Balaban J connectivity index is 2.30. The Labute approximate surface area is 97.9 Å². The second-order valence-corrected chi connectivity index (χ2v) is 4.27. The van der Waals surface area contributed by atoms with Gasteiger partial charge in [-0.1, -0.05) is 6.92 Å². The first-order chi connectivity index (χ1) is 7.76. The summed E-state index contributed by atoms with van der Waals surface area (Å²) >= 11 is 0. The highest BCUT2D eigenvalue weighted by molar-refractivity contribution is 5.71. The van der Waals surface area contributed by atoms with E-state index in [9.17, 15) is 4.79 Å². The first-order valence-corrected chi connectivity index (χ1v) is 6.22. The highest BCUT2D eigenvalue weighted by Gasteiger charge is 2.20. The van der Waals surface area contributed by atoms with Crippen molar-refractivity contribution in [1.29, 1.82) is 0 Å². The molecule has 0 aromatic carbocycles. The van der Waals surface area contributed by atoms with Gasteiger partial charge in [0.05, 0.1) is 19.8 Å². The zero-order valence-corrected chi connectivity index (χ0v) is 10.4. The summed E-state index contributed by atoms with van der Waals surface area (Å²) in [5, 5.41) is 0. The number of rotatable bonds is 7. The molecule has 1 rings (SSSR count). The summed E-state index contributed by atoms with van der Waals surface area (Å²) in [5.74, 6) is 0.468. The Kier molecular flexibility index (Phi) is 6.42. The van der Waals surface area contributed by atoms with Crippen LogP contribution in [0.4, 0.5) is 0 Å². The molecule has 0 N–H and O–H groups in total. The molecule has 0 spiro atoms. The number of esters is 1. The summed E-state index contributed by atoms with van der Waals surface area (Å²) in [4.78, 5) is 13.6. The third-order valence-electron chi connectivity index (χ3n) is 2.74. The van der Waals surface area contributed by atoms with Crippen molar-refractivity contribution in [2.75, 3.05) is 39.5 Å². The minimum absolute atomic E-state index is 0.116. The zero-order chi connectivity index (χ0) is 11.8. The first kappa shape index (κ1) is 13.5. The van der Waals surface area contributed by atoms with Crippen LogP contribution in [0.2, 0.25) is 0 Å². The molecule has 94 valence electrons. The van der Waals surface area contributed by atoms with Gasteiger partial charge in [0.1, 0.15) is 0 Å². The third kappa shape index (κ3) is 4.94. The number of ether oxygens (including phenoxy) is 2. The van der Waals surface area contributed by atoms with Gasteiger partial charge in [0.15, 0.2) is 0 Å². The molecular weight excluding hydrogens is 206 g/mol. The highest BCUT2D eigenvalue weighted by atomic mass is 16.5. The van der Waals surface area contributed by atoms with Crippen LogP contribution in [-0.2, 0) is 14.3 Å². The van der Waals surface area contributed by atoms with E-state index in [4.69, 9.17) is 9.47 Å². The van der Waals surface area contributed by atoms with Crippen LogP contribution >= 0.6 is 0 Å². The van der Waals surface area contributed by atoms with E-state index < -0.39 is 0 Å². The monoisotopic (exact) mass is 229 g/mol. The molecule has 0 amide bonds. The summed E-state index contributed by atoms with van der Waals surface area (Å²) in [6.45, 7) is 8.45. The van der Waals surface area contributed by atoms with Crippen LogP contribution in [0.5, 0.6) is 0 Å². The lowest BCUT2D eigenvalue weighted by Gasteiger charge is -2.23. The summed E-state index contributed by atoms with van der Waals surface area (Å²) in [5.41, 5.74) is 0. The SMILES string of the molecule is CCCN(CC(=O)OCC)CC1CCOC1. The van der Waals surface area contributed by atoms with Gasteiger partial charge in [0, 0.05) is 13.2 Å². The Morgan fingerprint density at radius 3 is 2.88 bits per heavy atom. The fraction of sp³-hybridized carbons (Fsp3) is 0.917.